The molecule has 0 fully saturated rings. The molecule has 3 heteroatoms. The number of aliphatic hydroxyl groups excluding tert-OH is 1. The molecule has 0 saturated heterocycles. The van der Waals surface area contributed by atoms with Crippen molar-refractivity contribution in [1.82, 2.24) is 0 Å². The summed E-state index contributed by atoms with van der Waals surface area (Å²) in [5.41, 5.74) is 1.50. The van der Waals surface area contributed by atoms with Crippen LogP contribution in [0.5, 0.6) is 5.75 Å². The van der Waals surface area contributed by atoms with Gasteiger partial charge in [-0.25, -0.2) is 0 Å². The Morgan fingerprint density at radius 1 is 1.36 bits per heavy atom. The third kappa shape index (κ3) is 3.05. The highest BCUT2D eigenvalue weighted by molar-refractivity contribution is 6.17. The molecule has 0 radical (unpaired) electrons. The van der Waals surface area contributed by atoms with Crippen LogP contribution in [0.1, 0.15) is 17.5 Å². The molecule has 0 aliphatic rings. The lowest BCUT2D eigenvalue weighted by Gasteiger charge is -2.01. The second kappa shape index (κ2) is 5.68. The van der Waals surface area contributed by atoms with Crippen molar-refractivity contribution in [1.29, 1.82) is 0 Å². The van der Waals surface area contributed by atoms with Crippen LogP contribution in [-0.4, -0.2) is 16.1 Å². The molecule has 1 aromatic rings. The Balaban J connectivity index is 2.79. The number of aliphatic hydroxyl groups is 1. The van der Waals surface area contributed by atoms with Gasteiger partial charge >= 0.3 is 0 Å². The minimum absolute atomic E-state index is 0.127. The second-order valence-electron chi connectivity index (χ2n) is 2.93. The van der Waals surface area contributed by atoms with Crippen molar-refractivity contribution in [3.8, 4) is 5.75 Å². The van der Waals surface area contributed by atoms with E-state index in [-0.39, 0.29) is 12.4 Å². The third-order valence-electron chi connectivity index (χ3n) is 1.86. The van der Waals surface area contributed by atoms with E-state index in [1.54, 1.807) is 18.2 Å². The van der Waals surface area contributed by atoms with Crippen molar-refractivity contribution in [3.05, 3.63) is 35.4 Å². The van der Waals surface area contributed by atoms with E-state index in [0.717, 1.165) is 12.0 Å². The van der Waals surface area contributed by atoms with Gasteiger partial charge in [0.2, 0.25) is 0 Å². The lowest BCUT2D eigenvalue weighted by molar-refractivity contribution is 0.275. The minimum atomic E-state index is -0.150. The first kappa shape index (κ1) is 11.1. The van der Waals surface area contributed by atoms with E-state index < -0.39 is 0 Å². The molecule has 14 heavy (non-hydrogen) atoms. The maximum atomic E-state index is 9.30. The van der Waals surface area contributed by atoms with Crippen LogP contribution in [-0.2, 0) is 6.61 Å². The number of aromatic hydroxyl groups is 1. The van der Waals surface area contributed by atoms with Crippen molar-refractivity contribution < 1.29 is 10.2 Å². The molecule has 0 spiro atoms. The number of halogens is 1. The molecule has 0 heterocycles. The Labute approximate surface area is 88.5 Å². The van der Waals surface area contributed by atoms with Crippen molar-refractivity contribution in [2.24, 2.45) is 0 Å². The fourth-order valence-corrected chi connectivity index (χ4v) is 1.24. The monoisotopic (exact) mass is 212 g/mol. The van der Waals surface area contributed by atoms with Crippen LogP contribution in [0.4, 0.5) is 0 Å². The second-order valence-corrected chi connectivity index (χ2v) is 3.30. The maximum absolute atomic E-state index is 9.30. The van der Waals surface area contributed by atoms with E-state index in [2.05, 4.69) is 0 Å². The van der Waals surface area contributed by atoms with Crippen molar-refractivity contribution >= 4 is 17.7 Å². The summed E-state index contributed by atoms with van der Waals surface area (Å²) >= 11 is 5.52. The van der Waals surface area contributed by atoms with Crippen LogP contribution in [0.3, 0.4) is 0 Å². The summed E-state index contributed by atoms with van der Waals surface area (Å²) in [7, 11) is 0. The van der Waals surface area contributed by atoms with Gasteiger partial charge in [-0.05, 0) is 24.1 Å². The first-order valence-corrected chi connectivity index (χ1v) is 4.96. The van der Waals surface area contributed by atoms with Gasteiger partial charge in [-0.2, -0.15) is 0 Å². The summed E-state index contributed by atoms with van der Waals surface area (Å²) < 4.78 is 0. The number of rotatable bonds is 4. The summed E-state index contributed by atoms with van der Waals surface area (Å²) in [5, 5.41) is 18.2. The standard InChI is InChI=1S/C11H13ClO2/c12-6-2-1-3-9-4-5-11(14)10(7-9)8-13/h1,3-5,7,13-14H,2,6,8H2. The quantitative estimate of drug-likeness (QED) is 0.753. The fraction of sp³-hybridized carbons (Fsp3) is 0.273. The number of hydrogen-bond acceptors (Lipinski definition) is 2. The van der Waals surface area contributed by atoms with E-state index in [4.69, 9.17) is 16.7 Å². The lowest BCUT2D eigenvalue weighted by atomic mass is 10.1. The molecule has 1 aromatic carbocycles. The van der Waals surface area contributed by atoms with Crippen LogP contribution in [0.15, 0.2) is 24.3 Å². The van der Waals surface area contributed by atoms with Crippen LogP contribution < -0.4 is 0 Å². The molecule has 0 aromatic heterocycles. The van der Waals surface area contributed by atoms with E-state index in [1.807, 2.05) is 12.2 Å². The number of alkyl halides is 1. The fourth-order valence-electron chi connectivity index (χ4n) is 1.12. The molecule has 0 saturated carbocycles. The highest BCUT2D eigenvalue weighted by Gasteiger charge is 1.98. The molecule has 0 aliphatic heterocycles. The molecule has 76 valence electrons. The summed E-state index contributed by atoms with van der Waals surface area (Å²) in [5.74, 6) is 0.725. The number of benzene rings is 1. The minimum Gasteiger partial charge on any atom is -0.508 e. The van der Waals surface area contributed by atoms with E-state index in [0.29, 0.717) is 11.4 Å². The molecule has 2 nitrogen and oxygen atoms in total. The Hall–Kier alpha value is -0.990. The molecule has 0 bridgehead atoms. The molecular weight excluding hydrogens is 200 g/mol. The highest BCUT2D eigenvalue weighted by atomic mass is 35.5. The molecule has 0 aliphatic carbocycles. The summed E-state index contributed by atoms with van der Waals surface area (Å²) in [6, 6.07) is 5.12. The van der Waals surface area contributed by atoms with Gasteiger partial charge in [-0.3, -0.25) is 0 Å². The molecule has 0 amide bonds. The lowest BCUT2D eigenvalue weighted by Crippen LogP contribution is -1.85. The smallest absolute Gasteiger partial charge is 0.121 e. The summed E-state index contributed by atoms with van der Waals surface area (Å²) in [4.78, 5) is 0. The Morgan fingerprint density at radius 2 is 2.14 bits per heavy atom. The van der Waals surface area contributed by atoms with Crippen LogP contribution >= 0.6 is 11.6 Å². The Morgan fingerprint density at radius 3 is 2.79 bits per heavy atom. The van der Waals surface area contributed by atoms with Gasteiger partial charge in [0.15, 0.2) is 0 Å². The zero-order valence-corrected chi connectivity index (χ0v) is 8.54. The van der Waals surface area contributed by atoms with Crippen molar-refractivity contribution in [2.45, 2.75) is 13.0 Å². The average molecular weight is 213 g/mol. The van der Waals surface area contributed by atoms with Crippen molar-refractivity contribution in [3.63, 3.8) is 0 Å². The van der Waals surface area contributed by atoms with E-state index >= 15 is 0 Å². The summed E-state index contributed by atoms with van der Waals surface area (Å²) in [6.45, 7) is -0.150. The SMILES string of the molecule is OCc1cc(C=CCCCl)ccc1O. The number of allylic oxidation sites excluding steroid dienone is 1. The van der Waals surface area contributed by atoms with Crippen molar-refractivity contribution in [2.75, 3.05) is 5.88 Å². The Kier molecular flexibility index (Phi) is 4.50. The van der Waals surface area contributed by atoms with Gasteiger partial charge in [-0.15, -0.1) is 11.6 Å². The predicted molar refractivity (Wildman–Crippen MR) is 58.4 cm³/mol. The van der Waals surface area contributed by atoms with Gasteiger partial charge in [0.1, 0.15) is 5.75 Å². The van der Waals surface area contributed by atoms with Gasteiger partial charge in [0.05, 0.1) is 6.61 Å². The topological polar surface area (TPSA) is 40.5 Å². The zero-order chi connectivity index (χ0) is 10.4. The highest BCUT2D eigenvalue weighted by Crippen LogP contribution is 2.19. The molecule has 1 rings (SSSR count). The average Bonchev–Trinajstić information content (AvgIpc) is 2.21. The van der Waals surface area contributed by atoms with Gasteiger partial charge in [0, 0.05) is 11.4 Å². The van der Waals surface area contributed by atoms with Gasteiger partial charge < -0.3 is 10.2 Å². The maximum Gasteiger partial charge on any atom is 0.121 e. The van der Waals surface area contributed by atoms with E-state index in [1.165, 1.54) is 0 Å². The first-order chi connectivity index (χ1) is 6.77. The summed E-state index contributed by atoms with van der Waals surface area (Å²) in [6.07, 6.45) is 4.69. The molecule has 2 N–H and O–H groups in total. The third-order valence-corrected chi connectivity index (χ3v) is 2.08. The number of hydrogen-bond donors (Lipinski definition) is 2. The molecular formula is C11H13ClO2. The van der Waals surface area contributed by atoms with Gasteiger partial charge in [-0.1, -0.05) is 18.2 Å². The largest absolute Gasteiger partial charge is 0.508 e. The first-order valence-electron chi connectivity index (χ1n) is 4.43. The van der Waals surface area contributed by atoms with Crippen LogP contribution in [0.25, 0.3) is 6.08 Å². The molecule has 0 atom stereocenters. The van der Waals surface area contributed by atoms with Gasteiger partial charge in [0.25, 0.3) is 0 Å². The Bertz CT molecular complexity index is 321. The molecule has 0 unspecified atom stereocenters. The van der Waals surface area contributed by atoms with Crippen LogP contribution in [0, 0.1) is 0 Å². The predicted octanol–water partition coefficient (Wildman–Crippen LogP) is 2.53. The number of phenols is 1. The zero-order valence-electron chi connectivity index (χ0n) is 7.78. The van der Waals surface area contributed by atoms with Crippen LogP contribution in [0.2, 0.25) is 0 Å². The van der Waals surface area contributed by atoms with E-state index in [9.17, 15) is 5.11 Å². The normalized spacial score (nSPS) is 11.0.